The van der Waals surface area contributed by atoms with Gasteiger partial charge in [-0.2, -0.15) is 0 Å². The number of aryl methyl sites for hydroxylation is 1. The lowest BCUT2D eigenvalue weighted by atomic mass is 10.0. The topological polar surface area (TPSA) is 33.5 Å². The molecule has 2 heterocycles. The summed E-state index contributed by atoms with van der Waals surface area (Å²) in [5, 5.41) is 0. The maximum Gasteiger partial charge on any atom is 0.289 e. The lowest BCUT2D eigenvalue weighted by molar-refractivity contribution is 0.0712. The molecule has 4 heteroatoms. The number of carbonyl (C=O) groups excluding carboxylic acids is 1. The second-order valence-corrected chi connectivity index (χ2v) is 5.48. The van der Waals surface area contributed by atoms with Gasteiger partial charge in [0.15, 0.2) is 10.4 Å². The smallest absolute Gasteiger partial charge is 0.289 e. The van der Waals surface area contributed by atoms with Gasteiger partial charge >= 0.3 is 0 Å². The molecule has 0 saturated carbocycles. The van der Waals surface area contributed by atoms with Crippen molar-refractivity contribution in [3.8, 4) is 0 Å². The van der Waals surface area contributed by atoms with Gasteiger partial charge in [-0.15, -0.1) is 0 Å². The van der Waals surface area contributed by atoms with E-state index in [0.29, 0.717) is 17.0 Å². The average molecular weight is 320 g/mol. The molecular weight excluding hydrogens is 306 g/mol. The van der Waals surface area contributed by atoms with Crippen LogP contribution in [0.25, 0.3) is 0 Å². The molecule has 1 aromatic carbocycles. The minimum atomic E-state index is -0.0394. The van der Waals surface area contributed by atoms with Crippen LogP contribution in [0.15, 0.2) is 45.5 Å². The molecule has 0 bridgehead atoms. The van der Waals surface area contributed by atoms with Crippen molar-refractivity contribution in [2.75, 3.05) is 6.54 Å². The van der Waals surface area contributed by atoms with E-state index < -0.39 is 0 Å². The SMILES string of the molecule is O=C(c1ccc(Br)o1)N1CCCc2ccccc2C1. The van der Waals surface area contributed by atoms with Crippen molar-refractivity contribution in [3.63, 3.8) is 0 Å². The zero-order chi connectivity index (χ0) is 13.2. The minimum absolute atomic E-state index is 0.0394. The summed E-state index contributed by atoms with van der Waals surface area (Å²) in [6.07, 6.45) is 2.02. The molecule has 2 aromatic rings. The van der Waals surface area contributed by atoms with Gasteiger partial charge in [0.25, 0.3) is 5.91 Å². The van der Waals surface area contributed by atoms with E-state index in [1.807, 2.05) is 11.0 Å². The second kappa shape index (κ2) is 5.21. The van der Waals surface area contributed by atoms with E-state index in [0.717, 1.165) is 19.4 Å². The number of halogens is 1. The molecule has 1 aromatic heterocycles. The molecule has 1 amide bonds. The van der Waals surface area contributed by atoms with Crippen LogP contribution in [-0.4, -0.2) is 17.4 Å². The number of benzene rings is 1. The first kappa shape index (κ1) is 12.5. The fourth-order valence-corrected chi connectivity index (χ4v) is 2.77. The van der Waals surface area contributed by atoms with Crippen LogP contribution in [0.1, 0.15) is 28.1 Å². The van der Waals surface area contributed by atoms with Gasteiger partial charge in [0, 0.05) is 13.1 Å². The summed E-state index contributed by atoms with van der Waals surface area (Å²) in [4.78, 5) is 14.2. The van der Waals surface area contributed by atoms with Gasteiger partial charge in [-0.1, -0.05) is 24.3 Å². The van der Waals surface area contributed by atoms with Crippen molar-refractivity contribution in [1.82, 2.24) is 4.90 Å². The molecular formula is C15H14BrNO2. The van der Waals surface area contributed by atoms with E-state index >= 15 is 0 Å². The molecule has 0 aliphatic carbocycles. The summed E-state index contributed by atoms with van der Waals surface area (Å²) in [6.45, 7) is 1.43. The summed E-state index contributed by atoms with van der Waals surface area (Å²) >= 11 is 3.23. The minimum Gasteiger partial charge on any atom is -0.444 e. The molecule has 1 aliphatic heterocycles. The van der Waals surface area contributed by atoms with Crippen molar-refractivity contribution in [2.45, 2.75) is 19.4 Å². The zero-order valence-electron chi connectivity index (χ0n) is 10.4. The molecule has 0 spiro atoms. The average Bonchev–Trinajstić information content (AvgIpc) is 2.74. The summed E-state index contributed by atoms with van der Waals surface area (Å²) in [6, 6.07) is 11.8. The number of carbonyl (C=O) groups is 1. The van der Waals surface area contributed by atoms with Crippen molar-refractivity contribution < 1.29 is 9.21 Å². The molecule has 1 aliphatic rings. The molecule has 98 valence electrons. The van der Waals surface area contributed by atoms with Gasteiger partial charge in [-0.3, -0.25) is 4.79 Å². The third-order valence-electron chi connectivity index (χ3n) is 3.42. The fraction of sp³-hybridized carbons (Fsp3) is 0.267. The highest BCUT2D eigenvalue weighted by atomic mass is 79.9. The lowest BCUT2D eigenvalue weighted by Crippen LogP contribution is -2.30. The molecule has 0 atom stereocenters. The molecule has 0 N–H and O–H groups in total. The zero-order valence-corrected chi connectivity index (χ0v) is 12.0. The van der Waals surface area contributed by atoms with Crippen LogP contribution in [0.3, 0.4) is 0 Å². The van der Waals surface area contributed by atoms with Crippen LogP contribution in [0.5, 0.6) is 0 Å². The third-order valence-corrected chi connectivity index (χ3v) is 3.85. The maximum atomic E-state index is 12.4. The van der Waals surface area contributed by atoms with Crippen molar-refractivity contribution >= 4 is 21.8 Å². The Balaban J connectivity index is 1.84. The van der Waals surface area contributed by atoms with Gasteiger partial charge in [-0.05, 0) is 52.0 Å². The Morgan fingerprint density at radius 3 is 2.68 bits per heavy atom. The number of amides is 1. The van der Waals surface area contributed by atoms with Gasteiger partial charge in [0.1, 0.15) is 0 Å². The quantitative estimate of drug-likeness (QED) is 0.804. The molecule has 3 nitrogen and oxygen atoms in total. The summed E-state index contributed by atoms with van der Waals surface area (Å²) < 4.78 is 5.94. The van der Waals surface area contributed by atoms with Gasteiger partial charge in [0.05, 0.1) is 0 Å². The largest absolute Gasteiger partial charge is 0.444 e. The molecule has 19 heavy (non-hydrogen) atoms. The van der Waals surface area contributed by atoms with Crippen molar-refractivity contribution in [1.29, 1.82) is 0 Å². The van der Waals surface area contributed by atoms with E-state index in [2.05, 4.69) is 34.1 Å². The normalized spacial score (nSPS) is 14.9. The van der Waals surface area contributed by atoms with Crippen molar-refractivity contribution in [2.24, 2.45) is 0 Å². The van der Waals surface area contributed by atoms with Crippen LogP contribution in [0, 0.1) is 0 Å². The number of fused-ring (bicyclic) bond motifs is 1. The van der Waals surface area contributed by atoms with E-state index in [9.17, 15) is 4.79 Å². The summed E-state index contributed by atoms with van der Waals surface area (Å²) in [7, 11) is 0. The standard InChI is InChI=1S/C15H14BrNO2/c16-14-8-7-13(19-14)15(18)17-9-3-6-11-4-1-2-5-12(11)10-17/h1-2,4-5,7-8H,3,6,9-10H2. The van der Waals surface area contributed by atoms with Crippen LogP contribution in [-0.2, 0) is 13.0 Å². The molecule has 0 fully saturated rings. The number of furan rings is 1. The van der Waals surface area contributed by atoms with Gasteiger partial charge < -0.3 is 9.32 Å². The molecule has 0 unspecified atom stereocenters. The predicted octanol–water partition coefficient (Wildman–Crippen LogP) is 3.63. The Morgan fingerprint density at radius 2 is 1.95 bits per heavy atom. The Morgan fingerprint density at radius 1 is 1.16 bits per heavy atom. The highest BCUT2D eigenvalue weighted by Crippen LogP contribution is 2.21. The highest BCUT2D eigenvalue weighted by molar-refractivity contribution is 9.10. The van der Waals surface area contributed by atoms with Gasteiger partial charge in [-0.25, -0.2) is 0 Å². The van der Waals surface area contributed by atoms with Crippen molar-refractivity contribution in [3.05, 3.63) is 58.0 Å². The number of hydrogen-bond donors (Lipinski definition) is 0. The summed E-state index contributed by atoms with van der Waals surface area (Å²) in [5.74, 6) is 0.355. The van der Waals surface area contributed by atoms with Crippen LogP contribution >= 0.6 is 15.9 Å². The monoisotopic (exact) mass is 319 g/mol. The number of nitrogens with zero attached hydrogens (tertiary/aromatic N) is 1. The first-order valence-corrected chi connectivity index (χ1v) is 7.15. The Bertz CT molecular complexity index is 606. The van der Waals surface area contributed by atoms with Crippen LogP contribution in [0.2, 0.25) is 0 Å². The number of hydrogen-bond acceptors (Lipinski definition) is 2. The van der Waals surface area contributed by atoms with Gasteiger partial charge in [0.2, 0.25) is 0 Å². The lowest BCUT2D eigenvalue weighted by Gasteiger charge is -2.19. The molecule has 3 rings (SSSR count). The Kier molecular flexibility index (Phi) is 3.42. The van der Waals surface area contributed by atoms with Crippen LogP contribution in [0.4, 0.5) is 0 Å². The second-order valence-electron chi connectivity index (χ2n) is 4.70. The predicted molar refractivity (Wildman–Crippen MR) is 75.9 cm³/mol. The Labute approximate surface area is 120 Å². The van der Waals surface area contributed by atoms with E-state index in [1.165, 1.54) is 11.1 Å². The fourth-order valence-electron chi connectivity index (χ4n) is 2.46. The first-order chi connectivity index (χ1) is 9.24. The Hall–Kier alpha value is -1.55. The number of rotatable bonds is 1. The highest BCUT2D eigenvalue weighted by Gasteiger charge is 2.22. The maximum absolute atomic E-state index is 12.4. The third kappa shape index (κ3) is 2.59. The van der Waals surface area contributed by atoms with E-state index in [-0.39, 0.29) is 5.91 Å². The van der Waals surface area contributed by atoms with E-state index in [1.54, 1.807) is 12.1 Å². The molecule has 0 saturated heterocycles. The van der Waals surface area contributed by atoms with E-state index in [4.69, 9.17) is 4.42 Å². The summed E-state index contributed by atoms with van der Waals surface area (Å²) in [5.41, 5.74) is 2.58. The first-order valence-electron chi connectivity index (χ1n) is 6.35. The van der Waals surface area contributed by atoms with Crippen LogP contribution < -0.4 is 0 Å². The molecule has 0 radical (unpaired) electrons.